The van der Waals surface area contributed by atoms with E-state index in [1.54, 1.807) is 7.11 Å². The molecule has 1 rings (SSSR count). The Kier molecular flexibility index (Phi) is 4.96. The van der Waals surface area contributed by atoms with Crippen molar-refractivity contribution in [3.05, 3.63) is 18.2 Å². The Bertz CT molecular complexity index is 321. The summed E-state index contributed by atoms with van der Waals surface area (Å²) in [5, 5.41) is 0. The molecule has 0 N–H and O–H groups in total. The molecule has 0 atom stereocenters. The summed E-state index contributed by atoms with van der Waals surface area (Å²) in [6.07, 6.45) is 1.11. The van der Waals surface area contributed by atoms with Gasteiger partial charge in [-0.1, -0.05) is 6.92 Å². The molecule has 0 saturated heterocycles. The molecule has 0 aliphatic carbocycles. The fourth-order valence-electron chi connectivity index (χ4n) is 1.29. The molecule has 0 unspecified atom stereocenters. The molecule has 0 spiro atoms. The van der Waals surface area contributed by atoms with Gasteiger partial charge in [0, 0.05) is 6.07 Å². The van der Waals surface area contributed by atoms with Crippen LogP contribution in [0, 0.1) is 0 Å². The number of ether oxygens (including phenoxy) is 3. The zero-order valence-corrected chi connectivity index (χ0v) is 10.4. The second-order valence-corrected chi connectivity index (χ2v) is 3.83. The highest BCUT2D eigenvalue weighted by Crippen LogP contribution is 2.32. The van der Waals surface area contributed by atoms with Gasteiger partial charge in [-0.15, -0.1) is 0 Å². The van der Waals surface area contributed by atoms with Crippen molar-refractivity contribution >= 4 is 0 Å². The van der Waals surface area contributed by atoms with E-state index in [1.165, 1.54) is 0 Å². The lowest BCUT2D eigenvalue weighted by Crippen LogP contribution is -2.07. The summed E-state index contributed by atoms with van der Waals surface area (Å²) in [6, 6.07) is 5.60. The quantitative estimate of drug-likeness (QED) is 0.742. The van der Waals surface area contributed by atoms with E-state index in [0.717, 1.165) is 23.7 Å². The molecule has 0 aliphatic heterocycles. The van der Waals surface area contributed by atoms with Crippen molar-refractivity contribution in [1.29, 1.82) is 0 Å². The van der Waals surface area contributed by atoms with E-state index in [4.69, 9.17) is 14.2 Å². The maximum absolute atomic E-state index is 5.66. The van der Waals surface area contributed by atoms with Gasteiger partial charge >= 0.3 is 0 Å². The number of rotatable bonds is 6. The molecule has 0 bridgehead atoms. The van der Waals surface area contributed by atoms with Gasteiger partial charge in [-0.25, -0.2) is 0 Å². The molecule has 3 nitrogen and oxygen atoms in total. The molecule has 0 saturated carbocycles. The Morgan fingerprint density at radius 1 is 1.19 bits per heavy atom. The van der Waals surface area contributed by atoms with Crippen LogP contribution in [-0.4, -0.2) is 19.8 Å². The molecule has 0 aliphatic rings. The normalized spacial score (nSPS) is 10.3. The minimum Gasteiger partial charge on any atom is -0.497 e. The van der Waals surface area contributed by atoms with Crippen LogP contribution < -0.4 is 14.2 Å². The first-order valence-electron chi connectivity index (χ1n) is 5.64. The standard InChI is InChI=1S/C13H20O3/c1-5-8-15-13-9-11(14-4)6-7-12(13)16-10(2)3/h6-7,9-10H,5,8H2,1-4H3. The van der Waals surface area contributed by atoms with Crippen molar-refractivity contribution in [1.82, 2.24) is 0 Å². The third kappa shape index (κ3) is 3.65. The summed E-state index contributed by atoms with van der Waals surface area (Å²) in [5.41, 5.74) is 0. The van der Waals surface area contributed by atoms with Gasteiger partial charge in [-0.2, -0.15) is 0 Å². The van der Waals surface area contributed by atoms with Gasteiger partial charge < -0.3 is 14.2 Å². The van der Waals surface area contributed by atoms with Gasteiger partial charge in [0.2, 0.25) is 0 Å². The molecule has 0 heterocycles. The Balaban J connectivity index is 2.87. The number of methoxy groups -OCH3 is 1. The highest BCUT2D eigenvalue weighted by atomic mass is 16.5. The van der Waals surface area contributed by atoms with Crippen LogP contribution in [0.2, 0.25) is 0 Å². The first kappa shape index (κ1) is 12.7. The molecule has 1 aromatic rings. The second-order valence-electron chi connectivity index (χ2n) is 3.83. The van der Waals surface area contributed by atoms with E-state index in [-0.39, 0.29) is 6.10 Å². The zero-order valence-electron chi connectivity index (χ0n) is 10.4. The third-order valence-electron chi connectivity index (χ3n) is 1.98. The van der Waals surface area contributed by atoms with Crippen molar-refractivity contribution in [2.45, 2.75) is 33.3 Å². The molecule has 90 valence electrons. The van der Waals surface area contributed by atoms with Gasteiger partial charge in [-0.05, 0) is 32.4 Å². The van der Waals surface area contributed by atoms with Crippen LogP contribution in [0.3, 0.4) is 0 Å². The molecule has 16 heavy (non-hydrogen) atoms. The Morgan fingerprint density at radius 3 is 2.50 bits per heavy atom. The summed E-state index contributed by atoms with van der Waals surface area (Å²) in [6.45, 7) is 6.74. The average molecular weight is 224 g/mol. The van der Waals surface area contributed by atoms with Crippen LogP contribution in [0.1, 0.15) is 27.2 Å². The van der Waals surface area contributed by atoms with Crippen LogP contribution in [0.4, 0.5) is 0 Å². The fraction of sp³-hybridized carbons (Fsp3) is 0.538. The van der Waals surface area contributed by atoms with Gasteiger partial charge in [-0.3, -0.25) is 0 Å². The van der Waals surface area contributed by atoms with E-state index in [1.807, 2.05) is 32.0 Å². The van der Waals surface area contributed by atoms with Gasteiger partial charge in [0.25, 0.3) is 0 Å². The van der Waals surface area contributed by atoms with Crippen molar-refractivity contribution in [2.24, 2.45) is 0 Å². The smallest absolute Gasteiger partial charge is 0.164 e. The molecule has 0 radical (unpaired) electrons. The molecule has 0 fully saturated rings. The predicted molar refractivity (Wildman–Crippen MR) is 64.5 cm³/mol. The third-order valence-corrected chi connectivity index (χ3v) is 1.98. The van der Waals surface area contributed by atoms with E-state index < -0.39 is 0 Å². The number of hydrogen-bond acceptors (Lipinski definition) is 3. The number of hydrogen-bond donors (Lipinski definition) is 0. The van der Waals surface area contributed by atoms with E-state index in [9.17, 15) is 0 Å². The van der Waals surface area contributed by atoms with E-state index in [0.29, 0.717) is 6.61 Å². The average Bonchev–Trinajstić information content (AvgIpc) is 2.27. The van der Waals surface area contributed by atoms with Crippen molar-refractivity contribution in [3.63, 3.8) is 0 Å². The molecular weight excluding hydrogens is 204 g/mol. The van der Waals surface area contributed by atoms with Crippen LogP contribution in [0.25, 0.3) is 0 Å². The highest BCUT2D eigenvalue weighted by molar-refractivity contribution is 5.45. The van der Waals surface area contributed by atoms with E-state index >= 15 is 0 Å². The van der Waals surface area contributed by atoms with Crippen LogP contribution >= 0.6 is 0 Å². The maximum Gasteiger partial charge on any atom is 0.164 e. The summed E-state index contributed by atoms with van der Waals surface area (Å²) >= 11 is 0. The maximum atomic E-state index is 5.66. The van der Waals surface area contributed by atoms with Crippen molar-refractivity contribution in [2.75, 3.05) is 13.7 Å². The van der Waals surface area contributed by atoms with Gasteiger partial charge in [0.05, 0.1) is 19.8 Å². The largest absolute Gasteiger partial charge is 0.497 e. The predicted octanol–water partition coefficient (Wildman–Crippen LogP) is 3.27. The highest BCUT2D eigenvalue weighted by Gasteiger charge is 2.08. The topological polar surface area (TPSA) is 27.7 Å². The monoisotopic (exact) mass is 224 g/mol. The van der Waals surface area contributed by atoms with Crippen molar-refractivity contribution in [3.8, 4) is 17.2 Å². The minimum atomic E-state index is 0.136. The summed E-state index contributed by atoms with van der Waals surface area (Å²) in [7, 11) is 1.64. The van der Waals surface area contributed by atoms with Crippen LogP contribution in [0.15, 0.2) is 18.2 Å². The molecular formula is C13H20O3. The second kappa shape index (κ2) is 6.26. The molecule has 3 heteroatoms. The van der Waals surface area contributed by atoms with Crippen LogP contribution in [-0.2, 0) is 0 Å². The fourth-order valence-corrected chi connectivity index (χ4v) is 1.29. The Hall–Kier alpha value is -1.38. The van der Waals surface area contributed by atoms with Gasteiger partial charge in [0.1, 0.15) is 5.75 Å². The van der Waals surface area contributed by atoms with Crippen molar-refractivity contribution < 1.29 is 14.2 Å². The zero-order chi connectivity index (χ0) is 12.0. The summed E-state index contributed by atoms with van der Waals surface area (Å²) in [4.78, 5) is 0. The minimum absolute atomic E-state index is 0.136. The summed E-state index contributed by atoms with van der Waals surface area (Å²) < 4.78 is 16.4. The van der Waals surface area contributed by atoms with Crippen LogP contribution in [0.5, 0.6) is 17.2 Å². The number of benzene rings is 1. The van der Waals surface area contributed by atoms with E-state index in [2.05, 4.69) is 6.92 Å². The first-order valence-corrected chi connectivity index (χ1v) is 5.64. The summed E-state index contributed by atoms with van der Waals surface area (Å²) in [5.74, 6) is 2.29. The SMILES string of the molecule is CCCOc1cc(OC)ccc1OC(C)C. The Labute approximate surface area is 97.3 Å². The Morgan fingerprint density at radius 2 is 1.94 bits per heavy atom. The van der Waals surface area contributed by atoms with Gasteiger partial charge in [0.15, 0.2) is 11.5 Å². The molecule has 0 aromatic heterocycles. The molecule has 0 amide bonds. The lowest BCUT2D eigenvalue weighted by Gasteiger charge is -2.15. The lowest BCUT2D eigenvalue weighted by molar-refractivity contribution is 0.220. The lowest BCUT2D eigenvalue weighted by atomic mass is 10.3. The first-order chi connectivity index (χ1) is 7.67. The molecule has 1 aromatic carbocycles.